The van der Waals surface area contributed by atoms with Crippen LogP contribution in [0.2, 0.25) is 0 Å². The van der Waals surface area contributed by atoms with Crippen molar-refractivity contribution in [1.82, 2.24) is 4.90 Å². The van der Waals surface area contributed by atoms with E-state index < -0.39 is 5.97 Å². The molecule has 1 N–H and O–H groups in total. The fraction of sp³-hybridized carbons (Fsp3) is 0.429. The van der Waals surface area contributed by atoms with E-state index in [2.05, 4.69) is 0 Å². The van der Waals surface area contributed by atoms with Crippen molar-refractivity contribution in [2.45, 2.75) is 26.8 Å². The summed E-state index contributed by atoms with van der Waals surface area (Å²) < 4.78 is 0. The lowest BCUT2D eigenvalue weighted by Crippen LogP contribution is -2.46. The molecule has 5 heteroatoms. The molecule has 104 valence electrons. The van der Waals surface area contributed by atoms with Crippen molar-refractivity contribution in [1.29, 1.82) is 0 Å². The Morgan fingerprint density at radius 2 is 1.74 bits per heavy atom. The van der Waals surface area contributed by atoms with Crippen molar-refractivity contribution >= 4 is 17.7 Å². The van der Waals surface area contributed by atoms with Gasteiger partial charge in [-0.3, -0.25) is 9.69 Å². The molecule has 1 aromatic rings. The summed E-state index contributed by atoms with van der Waals surface area (Å²) >= 11 is 0. The van der Waals surface area contributed by atoms with E-state index >= 15 is 0 Å². The van der Waals surface area contributed by atoms with Crippen LogP contribution in [-0.2, 0) is 4.79 Å². The first kappa shape index (κ1) is 15.0. The number of rotatable bonds is 4. The lowest BCUT2D eigenvalue weighted by Gasteiger charge is -2.29. The third kappa shape index (κ3) is 3.98. The van der Waals surface area contributed by atoms with Gasteiger partial charge < -0.3 is 10.0 Å². The normalized spacial score (nSPS) is 10.4. The maximum Gasteiger partial charge on any atom is 0.324 e. The standard InChI is InChI=1S/C14H20N2O3/c1-10(2)15(4)14(19)16(9-13(17)18)12-7-5-11(3)6-8-12/h5-8,10H,9H2,1-4H3,(H,17,18). The van der Waals surface area contributed by atoms with E-state index in [9.17, 15) is 9.59 Å². The molecule has 0 saturated heterocycles. The van der Waals surface area contributed by atoms with Crippen molar-refractivity contribution in [3.05, 3.63) is 29.8 Å². The van der Waals surface area contributed by atoms with Gasteiger partial charge in [0.1, 0.15) is 6.54 Å². The van der Waals surface area contributed by atoms with Gasteiger partial charge in [0.25, 0.3) is 0 Å². The molecule has 0 saturated carbocycles. The first-order valence-corrected chi connectivity index (χ1v) is 6.15. The first-order valence-electron chi connectivity index (χ1n) is 6.15. The van der Waals surface area contributed by atoms with Crippen LogP contribution in [0.1, 0.15) is 19.4 Å². The van der Waals surface area contributed by atoms with Crippen LogP contribution in [-0.4, -0.2) is 41.6 Å². The van der Waals surface area contributed by atoms with Crippen LogP contribution in [0.25, 0.3) is 0 Å². The topological polar surface area (TPSA) is 60.9 Å². The zero-order valence-electron chi connectivity index (χ0n) is 11.8. The average molecular weight is 264 g/mol. The number of aliphatic carboxylic acids is 1. The quantitative estimate of drug-likeness (QED) is 0.908. The minimum atomic E-state index is -1.04. The number of carboxylic acid groups (broad SMARTS) is 1. The number of amides is 2. The number of anilines is 1. The van der Waals surface area contributed by atoms with Gasteiger partial charge in [0, 0.05) is 18.8 Å². The van der Waals surface area contributed by atoms with Gasteiger partial charge in [0.15, 0.2) is 0 Å². The van der Waals surface area contributed by atoms with Crippen LogP contribution < -0.4 is 4.90 Å². The smallest absolute Gasteiger partial charge is 0.324 e. The Bertz CT molecular complexity index is 454. The Hall–Kier alpha value is -2.04. The molecule has 0 unspecified atom stereocenters. The van der Waals surface area contributed by atoms with Crippen LogP contribution >= 0.6 is 0 Å². The van der Waals surface area contributed by atoms with E-state index in [0.717, 1.165) is 5.56 Å². The zero-order chi connectivity index (χ0) is 14.6. The summed E-state index contributed by atoms with van der Waals surface area (Å²) in [6.45, 7) is 5.35. The monoisotopic (exact) mass is 264 g/mol. The van der Waals surface area contributed by atoms with Gasteiger partial charge in [-0.25, -0.2) is 4.79 Å². The Morgan fingerprint density at radius 1 is 1.21 bits per heavy atom. The summed E-state index contributed by atoms with van der Waals surface area (Å²) in [5, 5.41) is 8.96. The van der Waals surface area contributed by atoms with E-state index in [-0.39, 0.29) is 18.6 Å². The molecule has 0 radical (unpaired) electrons. The molecule has 0 fully saturated rings. The van der Waals surface area contributed by atoms with Gasteiger partial charge in [-0.1, -0.05) is 17.7 Å². The molecule has 1 aromatic carbocycles. The van der Waals surface area contributed by atoms with E-state index in [4.69, 9.17) is 5.11 Å². The molecule has 0 aliphatic rings. The maximum atomic E-state index is 12.3. The first-order chi connectivity index (χ1) is 8.82. The van der Waals surface area contributed by atoms with E-state index in [1.807, 2.05) is 32.9 Å². The minimum absolute atomic E-state index is 0.00856. The molecule has 0 aromatic heterocycles. The number of benzene rings is 1. The fourth-order valence-electron chi connectivity index (χ4n) is 1.54. The van der Waals surface area contributed by atoms with Crippen molar-refractivity contribution in [3.63, 3.8) is 0 Å². The van der Waals surface area contributed by atoms with Crippen molar-refractivity contribution < 1.29 is 14.7 Å². The predicted molar refractivity (Wildman–Crippen MR) is 74.5 cm³/mol. The molecule has 0 atom stereocenters. The van der Waals surface area contributed by atoms with Gasteiger partial charge in [0.2, 0.25) is 0 Å². The Kier molecular flexibility index (Phi) is 4.92. The summed E-state index contributed by atoms with van der Waals surface area (Å²) in [5.41, 5.74) is 1.65. The summed E-state index contributed by atoms with van der Waals surface area (Å²) in [6.07, 6.45) is 0. The number of hydrogen-bond donors (Lipinski definition) is 1. The highest BCUT2D eigenvalue weighted by Gasteiger charge is 2.23. The molecular formula is C14H20N2O3. The molecule has 2 amide bonds. The molecule has 19 heavy (non-hydrogen) atoms. The van der Waals surface area contributed by atoms with Gasteiger partial charge in [-0.05, 0) is 32.9 Å². The van der Waals surface area contributed by atoms with E-state index in [0.29, 0.717) is 5.69 Å². The van der Waals surface area contributed by atoms with Crippen molar-refractivity contribution in [2.24, 2.45) is 0 Å². The number of carboxylic acids is 1. The molecule has 0 aliphatic heterocycles. The molecule has 5 nitrogen and oxygen atoms in total. The highest BCUT2D eigenvalue weighted by molar-refractivity contribution is 5.96. The molecule has 0 aliphatic carbocycles. The SMILES string of the molecule is Cc1ccc(N(CC(=O)O)C(=O)N(C)C(C)C)cc1. The third-order valence-corrected chi connectivity index (χ3v) is 2.95. The van der Waals surface area contributed by atoms with Gasteiger partial charge >= 0.3 is 12.0 Å². The highest BCUT2D eigenvalue weighted by atomic mass is 16.4. The lowest BCUT2D eigenvalue weighted by atomic mass is 10.2. The summed E-state index contributed by atoms with van der Waals surface area (Å²) in [5.74, 6) is -1.04. The average Bonchev–Trinajstić information content (AvgIpc) is 2.35. The minimum Gasteiger partial charge on any atom is -0.480 e. The number of hydrogen-bond acceptors (Lipinski definition) is 2. The van der Waals surface area contributed by atoms with Crippen molar-refractivity contribution in [2.75, 3.05) is 18.5 Å². The largest absolute Gasteiger partial charge is 0.480 e. The second-order valence-electron chi connectivity index (χ2n) is 4.80. The van der Waals surface area contributed by atoms with Crippen LogP contribution in [0.4, 0.5) is 10.5 Å². The summed E-state index contributed by atoms with van der Waals surface area (Å²) in [6, 6.07) is 6.91. The Morgan fingerprint density at radius 3 is 2.16 bits per heavy atom. The van der Waals surface area contributed by atoms with Gasteiger partial charge in [-0.2, -0.15) is 0 Å². The van der Waals surface area contributed by atoms with Crippen LogP contribution in [0, 0.1) is 6.92 Å². The number of nitrogens with zero attached hydrogens (tertiary/aromatic N) is 2. The number of aryl methyl sites for hydroxylation is 1. The van der Waals surface area contributed by atoms with E-state index in [1.165, 1.54) is 9.80 Å². The lowest BCUT2D eigenvalue weighted by molar-refractivity contribution is -0.135. The Labute approximate surface area is 113 Å². The second-order valence-corrected chi connectivity index (χ2v) is 4.80. The Balaban J connectivity index is 3.04. The molecule has 0 spiro atoms. The van der Waals surface area contributed by atoms with Gasteiger partial charge in [0.05, 0.1) is 0 Å². The third-order valence-electron chi connectivity index (χ3n) is 2.95. The zero-order valence-corrected chi connectivity index (χ0v) is 11.8. The molecule has 0 bridgehead atoms. The van der Waals surface area contributed by atoms with Crippen molar-refractivity contribution in [3.8, 4) is 0 Å². The van der Waals surface area contributed by atoms with E-state index in [1.54, 1.807) is 19.2 Å². The second kappa shape index (κ2) is 6.22. The number of carbonyl (C=O) groups excluding carboxylic acids is 1. The van der Waals surface area contributed by atoms with Crippen LogP contribution in [0.5, 0.6) is 0 Å². The highest BCUT2D eigenvalue weighted by Crippen LogP contribution is 2.17. The van der Waals surface area contributed by atoms with Crippen LogP contribution in [0.3, 0.4) is 0 Å². The number of carbonyl (C=O) groups is 2. The molecular weight excluding hydrogens is 244 g/mol. The maximum absolute atomic E-state index is 12.3. The summed E-state index contributed by atoms with van der Waals surface area (Å²) in [4.78, 5) is 26.0. The fourth-order valence-corrected chi connectivity index (χ4v) is 1.54. The predicted octanol–water partition coefficient (Wildman–Crippen LogP) is 2.35. The number of urea groups is 1. The van der Waals surface area contributed by atoms with Gasteiger partial charge in [-0.15, -0.1) is 0 Å². The van der Waals surface area contributed by atoms with Crippen LogP contribution in [0.15, 0.2) is 24.3 Å². The summed E-state index contributed by atoms with van der Waals surface area (Å²) in [7, 11) is 1.66. The molecule has 0 heterocycles. The molecule has 1 rings (SSSR count).